The van der Waals surface area contributed by atoms with Crippen LogP contribution in [-0.4, -0.2) is 33.8 Å². The van der Waals surface area contributed by atoms with Crippen LogP contribution < -0.4 is 10.6 Å². The zero-order valence-corrected chi connectivity index (χ0v) is 12.0. The molecule has 0 unspecified atom stereocenters. The Hall–Kier alpha value is -1.36. The van der Waals surface area contributed by atoms with Gasteiger partial charge >= 0.3 is 0 Å². The Bertz CT molecular complexity index is 429. The average Bonchev–Trinajstić information content (AvgIpc) is 3.16. The molecule has 1 aromatic heterocycles. The molecule has 1 aliphatic rings. The van der Waals surface area contributed by atoms with Gasteiger partial charge in [0, 0.05) is 12.1 Å². The Morgan fingerprint density at radius 3 is 2.53 bits per heavy atom. The van der Waals surface area contributed by atoms with E-state index in [-0.39, 0.29) is 12.1 Å². The summed E-state index contributed by atoms with van der Waals surface area (Å²) >= 11 is 0. The van der Waals surface area contributed by atoms with Crippen molar-refractivity contribution in [2.24, 2.45) is 0 Å². The summed E-state index contributed by atoms with van der Waals surface area (Å²) in [5.74, 6) is 2.09. The van der Waals surface area contributed by atoms with Crippen LogP contribution in [0.15, 0.2) is 6.33 Å². The first-order valence-electron chi connectivity index (χ1n) is 7.09. The van der Waals surface area contributed by atoms with Gasteiger partial charge in [-0.1, -0.05) is 20.8 Å². The molecule has 2 rings (SSSR count). The number of hydrogen-bond donors (Lipinski definition) is 3. The highest BCUT2D eigenvalue weighted by atomic mass is 16.3. The van der Waals surface area contributed by atoms with Crippen molar-refractivity contribution in [3.63, 3.8) is 0 Å². The number of nitrogens with zero attached hydrogens (tertiary/aromatic N) is 2. The molecule has 0 amide bonds. The summed E-state index contributed by atoms with van der Waals surface area (Å²) in [5, 5.41) is 16.2. The van der Waals surface area contributed by atoms with E-state index in [9.17, 15) is 5.11 Å². The van der Waals surface area contributed by atoms with Crippen LogP contribution in [0.25, 0.3) is 0 Å². The van der Waals surface area contributed by atoms with Crippen molar-refractivity contribution in [2.45, 2.75) is 51.5 Å². The van der Waals surface area contributed by atoms with Crippen molar-refractivity contribution in [2.75, 3.05) is 23.8 Å². The highest BCUT2D eigenvalue weighted by Gasteiger charge is 2.43. The third-order valence-corrected chi connectivity index (χ3v) is 3.54. The van der Waals surface area contributed by atoms with Crippen LogP contribution in [0, 0.1) is 0 Å². The topological polar surface area (TPSA) is 70.1 Å². The Labute approximate surface area is 114 Å². The minimum Gasteiger partial charge on any atom is -0.394 e. The van der Waals surface area contributed by atoms with Crippen LogP contribution in [0.2, 0.25) is 0 Å². The first kappa shape index (κ1) is 14.1. The molecule has 0 aliphatic heterocycles. The monoisotopic (exact) mass is 264 g/mol. The number of nitrogens with one attached hydrogen (secondary N) is 2. The second kappa shape index (κ2) is 5.74. The molecule has 106 valence electrons. The van der Waals surface area contributed by atoms with Gasteiger partial charge < -0.3 is 15.7 Å². The molecule has 0 atom stereocenters. The summed E-state index contributed by atoms with van der Waals surface area (Å²) in [7, 11) is 0. The first-order valence-corrected chi connectivity index (χ1v) is 7.09. The maximum absolute atomic E-state index is 9.44. The lowest BCUT2D eigenvalue weighted by molar-refractivity contribution is 0.266. The molecule has 0 aromatic carbocycles. The van der Waals surface area contributed by atoms with Gasteiger partial charge in [0.2, 0.25) is 0 Å². The third-order valence-electron chi connectivity index (χ3n) is 3.54. The quantitative estimate of drug-likeness (QED) is 0.705. The molecule has 1 aliphatic carbocycles. The largest absolute Gasteiger partial charge is 0.394 e. The van der Waals surface area contributed by atoms with Crippen LogP contribution in [0.4, 0.5) is 11.6 Å². The van der Waals surface area contributed by atoms with E-state index in [4.69, 9.17) is 0 Å². The number of aromatic nitrogens is 2. The lowest BCUT2D eigenvalue weighted by atomic mass is 10.0. The average molecular weight is 264 g/mol. The fraction of sp³-hybridized carbons (Fsp3) is 0.714. The van der Waals surface area contributed by atoms with Crippen LogP contribution in [-0.2, 0) is 0 Å². The van der Waals surface area contributed by atoms with Crippen molar-refractivity contribution in [3.05, 3.63) is 11.9 Å². The van der Waals surface area contributed by atoms with Gasteiger partial charge in [-0.25, -0.2) is 9.97 Å². The Morgan fingerprint density at radius 1 is 1.32 bits per heavy atom. The predicted octanol–water partition coefficient (Wildman–Crippen LogP) is 2.36. The minimum absolute atomic E-state index is 0.153. The smallest absolute Gasteiger partial charge is 0.135 e. The maximum Gasteiger partial charge on any atom is 0.135 e. The molecule has 19 heavy (non-hydrogen) atoms. The molecule has 5 heteroatoms. The van der Waals surface area contributed by atoms with Crippen LogP contribution in [0.3, 0.4) is 0 Å². The minimum atomic E-state index is -0.153. The number of aliphatic hydroxyl groups is 1. The lowest BCUT2D eigenvalue weighted by Gasteiger charge is -2.21. The number of aliphatic hydroxyl groups excluding tert-OH is 1. The second-order valence-corrected chi connectivity index (χ2v) is 5.63. The van der Waals surface area contributed by atoms with Gasteiger partial charge in [-0.3, -0.25) is 0 Å². The summed E-state index contributed by atoms with van der Waals surface area (Å²) in [6, 6.07) is 0. The maximum atomic E-state index is 9.44. The summed E-state index contributed by atoms with van der Waals surface area (Å²) in [6.07, 6.45) is 4.65. The zero-order valence-electron chi connectivity index (χ0n) is 12.0. The molecular weight excluding hydrogens is 240 g/mol. The van der Waals surface area contributed by atoms with Gasteiger partial charge in [-0.05, 0) is 25.2 Å². The number of anilines is 2. The van der Waals surface area contributed by atoms with Gasteiger partial charge in [0.05, 0.1) is 12.1 Å². The Morgan fingerprint density at radius 2 is 2.00 bits per heavy atom. The van der Waals surface area contributed by atoms with E-state index in [0.29, 0.717) is 5.92 Å². The number of hydrogen-bond acceptors (Lipinski definition) is 5. The van der Waals surface area contributed by atoms with E-state index < -0.39 is 0 Å². The van der Waals surface area contributed by atoms with Crippen molar-refractivity contribution in [3.8, 4) is 0 Å². The van der Waals surface area contributed by atoms with E-state index in [1.54, 1.807) is 6.33 Å². The van der Waals surface area contributed by atoms with Gasteiger partial charge in [0.1, 0.15) is 18.0 Å². The van der Waals surface area contributed by atoms with Gasteiger partial charge in [-0.2, -0.15) is 0 Å². The molecule has 0 spiro atoms. The lowest BCUT2D eigenvalue weighted by Crippen LogP contribution is -2.27. The summed E-state index contributed by atoms with van der Waals surface area (Å²) in [5.41, 5.74) is 0.954. The van der Waals surface area contributed by atoms with E-state index >= 15 is 0 Å². The fourth-order valence-electron chi connectivity index (χ4n) is 2.15. The normalized spacial score (nSPS) is 16.5. The zero-order chi connectivity index (χ0) is 13.9. The highest BCUT2D eigenvalue weighted by Crippen LogP contribution is 2.40. The van der Waals surface area contributed by atoms with Crippen molar-refractivity contribution in [1.82, 2.24) is 9.97 Å². The van der Waals surface area contributed by atoms with Crippen LogP contribution >= 0.6 is 0 Å². The van der Waals surface area contributed by atoms with E-state index in [1.165, 1.54) is 0 Å². The third kappa shape index (κ3) is 3.15. The molecule has 3 N–H and O–H groups in total. The molecule has 1 aromatic rings. The summed E-state index contributed by atoms with van der Waals surface area (Å²) < 4.78 is 0. The van der Waals surface area contributed by atoms with Crippen molar-refractivity contribution in [1.29, 1.82) is 0 Å². The van der Waals surface area contributed by atoms with Crippen LogP contribution in [0.5, 0.6) is 0 Å². The Balaban J connectivity index is 2.26. The number of rotatable bonds is 7. The second-order valence-electron chi connectivity index (χ2n) is 5.63. The highest BCUT2D eigenvalue weighted by molar-refractivity contribution is 5.60. The molecule has 0 radical (unpaired) electrons. The first-order chi connectivity index (χ1) is 9.12. The Kier molecular flexibility index (Phi) is 4.24. The SMILES string of the molecule is CCCNc1ncnc(NC2(CO)CC2)c1C(C)C. The van der Waals surface area contributed by atoms with E-state index in [0.717, 1.165) is 43.0 Å². The van der Waals surface area contributed by atoms with Crippen LogP contribution in [0.1, 0.15) is 51.5 Å². The molecular formula is C14H24N4O. The molecule has 0 bridgehead atoms. The van der Waals surface area contributed by atoms with Crippen molar-refractivity contribution < 1.29 is 5.11 Å². The van der Waals surface area contributed by atoms with E-state index in [1.807, 2.05) is 0 Å². The van der Waals surface area contributed by atoms with E-state index in [2.05, 4.69) is 41.4 Å². The summed E-state index contributed by atoms with van der Waals surface area (Å²) in [4.78, 5) is 8.72. The van der Waals surface area contributed by atoms with Gasteiger partial charge in [0.15, 0.2) is 0 Å². The summed E-state index contributed by atoms with van der Waals surface area (Å²) in [6.45, 7) is 7.47. The predicted molar refractivity (Wildman–Crippen MR) is 77.6 cm³/mol. The van der Waals surface area contributed by atoms with Crippen molar-refractivity contribution >= 4 is 11.6 Å². The van der Waals surface area contributed by atoms with Gasteiger partial charge in [0.25, 0.3) is 0 Å². The fourth-order valence-corrected chi connectivity index (χ4v) is 2.15. The van der Waals surface area contributed by atoms with Gasteiger partial charge in [-0.15, -0.1) is 0 Å². The molecule has 0 saturated heterocycles. The molecule has 1 fully saturated rings. The standard InChI is InChI=1S/C14H24N4O/c1-4-7-15-12-11(10(2)3)13(17-9-16-12)18-14(8-19)5-6-14/h9-10,19H,4-8H2,1-3H3,(H2,15,16,17,18). The molecule has 1 saturated carbocycles. The molecule has 5 nitrogen and oxygen atoms in total. The molecule has 1 heterocycles.